The van der Waals surface area contributed by atoms with Crippen molar-refractivity contribution in [3.05, 3.63) is 12.3 Å². The molecule has 0 N–H and O–H groups in total. The van der Waals surface area contributed by atoms with Gasteiger partial charge in [0.1, 0.15) is 19.0 Å². The Hall–Kier alpha value is -0.540. The third-order valence-electron chi connectivity index (χ3n) is 2.75. The summed E-state index contributed by atoms with van der Waals surface area (Å²) >= 11 is 0. The van der Waals surface area contributed by atoms with Gasteiger partial charge in [-0.05, 0) is 12.8 Å². The summed E-state index contributed by atoms with van der Waals surface area (Å²) in [5, 5.41) is 0. The Bertz CT molecular complexity index is 197. The summed E-state index contributed by atoms with van der Waals surface area (Å²) in [7, 11) is 0. The Morgan fingerprint density at radius 2 is 2.07 bits per heavy atom. The highest BCUT2D eigenvalue weighted by Gasteiger charge is 2.22. The van der Waals surface area contributed by atoms with E-state index in [4.69, 9.17) is 14.2 Å². The highest BCUT2D eigenvalue weighted by atomic mass is 16.7. The molecule has 1 saturated heterocycles. The van der Waals surface area contributed by atoms with Crippen LogP contribution in [0.3, 0.4) is 0 Å². The van der Waals surface area contributed by atoms with Crippen molar-refractivity contribution in [2.24, 2.45) is 0 Å². The van der Waals surface area contributed by atoms with E-state index >= 15 is 0 Å². The van der Waals surface area contributed by atoms with Gasteiger partial charge in [-0.2, -0.15) is 0 Å². The fraction of sp³-hybridized carbons (Fsp3) is 0.818. The number of hydrogen-bond donors (Lipinski definition) is 0. The lowest BCUT2D eigenvalue weighted by Gasteiger charge is -2.23. The van der Waals surface area contributed by atoms with Crippen LogP contribution in [0.25, 0.3) is 0 Å². The molecule has 0 aromatic carbocycles. The van der Waals surface area contributed by atoms with Gasteiger partial charge in [0.25, 0.3) is 0 Å². The molecule has 1 atom stereocenters. The molecular formula is C11H18O3. The number of ether oxygens (including phenoxy) is 3. The molecular weight excluding hydrogens is 180 g/mol. The smallest absolute Gasteiger partial charge is 0.223 e. The molecule has 80 valence electrons. The quantitative estimate of drug-likeness (QED) is 0.696. The predicted octanol–water partition coefficient (Wildman–Crippen LogP) is 2.22. The maximum atomic E-state index is 5.72. The summed E-state index contributed by atoms with van der Waals surface area (Å²) in [5.41, 5.74) is 0. The normalized spacial score (nSPS) is 29.1. The summed E-state index contributed by atoms with van der Waals surface area (Å²) in [4.78, 5) is 0. The van der Waals surface area contributed by atoms with Gasteiger partial charge >= 0.3 is 0 Å². The molecule has 3 heteroatoms. The zero-order valence-corrected chi connectivity index (χ0v) is 8.54. The average molecular weight is 198 g/mol. The summed E-state index contributed by atoms with van der Waals surface area (Å²) in [6.45, 7) is 4.75. The van der Waals surface area contributed by atoms with Gasteiger partial charge < -0.3 is 14.2 Å². The first kappa shape index (κ1) is 9.99. The maximum absolute atomic E-state index is 5.72. The van der Waals surface area contributed by atoms with Gasteiger partial charge in [0.2, 0.25) is 6.29 Å². The molecule has 14 heavy (non-hydrogen) atoms. The molecule has 0 amide bonds. The largest absolute Gasteiger partial charge is 0.465 e. The lowest BCUT2D eigenvalue weighted by atomic mass is 9.98. The Labute approximate surface area is 85.0 Å². The van der Waals surface area contributed by atoms with Crippen molar-refractivity contribution >= 4 is 0 Å². The average Bonchev–Trinajstić information content (AvgIpc) is 2.63. The van der Waals surface area contributed by atoms with E-state index in [1.54, 1.807) is 0 Å². The molecule has 0 bridgehead atoms. The van der Waals surface area contributed by atoms with Crippen LogP contribution in [0.5, 0.6) is 0 Å². The maximum Gasteiger partial charge on any atom is 0.223 e. The molecule has 3 nitrogen and oxygen atoms in total. The molecule has 0 aromatic heterocycles. The van der Waals surface area contributed by atoms with Gasteiger partial charge in [-0.3, -0.25) is 0 Å². The molecule has 0 radical (unpaired) electrons. The fourth-order valence-electron chi connectivity index (χ4n) is 1.97. The van der Waals surface area contributed by atoms with Crippen molar-refractivity contribution in [3.63, 3.8) is 0 Å². The standard InChI is InChI=1S/C11H18O3/c1-9-7-13-11(14-9)8-12-10-5-3-2-4-6-10/h10-11H,1-8H2. The van der Waals surface area contributed by atoms with Crippen LogP contribution in [0.4, 0.5) is 0 Å². The Balaban J connectivity index is 1.63. The van der Waals surface area contributed by atoms with E-state index in [1.807, 2.05) is 0 Å². The van der Waals surface area contributed by atoms with Crippen molar-refractivity contribution in [1.29, 1.82) is 0 Å². The predicted molar refractivity (Wildman–Crippen MR) is 52.8 cm³/mol. The van der Waals surface area contributed by atoms with E-state index in [0.29, 0.717) is 25.1 Å². The zero-order valence-electron chi connectivity index (χ0n) is 8.54. The van der Waals surface area contributed by atoms with Crippen LogP contribution in [-0.2, 0) is 14.2 Å². The van der Waals surface area contributed by atoms with E-state index in [2.05, 4.69) is 6.58 Å². The first-order chi connectivity index (χ1) is 6.84. The molecule has 1 aliphatic carbocycles. The molecule has 1 unspecified atom stereocenters. The van der Waals surface area contributed by atoms with Gasteiger partial charge in [-0.15, -0.1) is 0 Å². The summed E-state index contributed by atoms with van der Waals surface area (Å²) < 4.78 is 16.3. The van der Waals surface area contributed by atoms with E-state index in [9.17, 15) is 0 Å². The SMILES string of the molecule is C=C1COC(COC2CCCCC2)O1. The minimum atomic E-state index is -0.218. The van der Waals surface area contributed by atoms with Crippen LogP contribution in [0.1, 0.15) is 32.1 Å². The molecule has 2 aliphatic rings. The number of rotatable bonds is 3. The zero-order chi connectivity index (χ0) is 9.80. The summed E-state index contributed by atoms with van der Waals surface area (Å²) in [6.07, 6.45) is 6.52. The summed E-state index contributed by atoms with van der Waals surface area (Å²) in [6, 6.07) is 0. The first-order valence-corrected chi connectivity index (χ1v) is 5.42. The van der Waals surface area contributed by atoms with Crippen LogP contribution in [0.15, 0.2) is 12.3 Å². The third kappa shape index (κ3) is 2.72. The highest BCUT2D eigenvalue weighted by Crippen LogP contribution is 2.21. The van der Waals surface area contributed by atoms with Crippen LogP contribution < -0.4 is 0 Å². The minimum Gasteiger partial charge on any atom is -0.465 e. The lowest BCUT2D eigenvalue weighted by molar-refractivity contribution is -0.109. The third-order valence-corrected chi connectivity index (χ3v) is 2.75. The van der Waals surface area contributed by atoms with Crippen molar-refractivity contribution in [3.8, 4) is 0 Å². The van der Waals surface area contributed by atoms with Crippen LogP contribution in [-0.4, -0.2) is 25.6 Å². The van der Waals surface area contributed by atoms with Gasteiger partial charge in [0, 0.05) is 0 Å². The molecule has 1 heterocycles. The molecule has 2 fully saturated rings. The van der Waals surface area contributed by atoms with E-state index in [1.165, 1.54) is 32.1 Å². The first-order valence-electron chi connectivity index (χ1n) is 5.42. The topological polar surface area (TPSA) is 27.7 Å². The monoisotopic (exact) mass is 198 g/mol. The van der Waals surface area contributed by atoms with E-state index in [0.717, 1.165) is 0 Å². The van der Waals surface area contributed by atoms with Crippen molar-refractivity contribution in [1.82, 2.24) is 0 Å². The minimum absolute atomic E-state index is 0.218. The number of hydrogen-bond acceptors (Lipinski definition) is 3. The second-order valence-electron chi connectivity index (χ2n) is 3.99. The molecule has 1 aliphatic heterocycles. The molecule has 0 aromatic rings. The van der Waals surface area contributed by atoms with Crippen LogP contribution >= 0.6 is 0 Å². The van der Waals surface area contributed by atoms with Crippen LogP contribution in [0, 0.1) is 0 Å². The van der Waals surface area contributed by atoms with E-state index < -0.39 is 0 Å². The Kier molecular flexibility index (Phi) is 3.43. The Morgan fingerprint density at radius 3 is 2.71 bits per heavy atom. The van der Waals surface area contributed by atoms with Crippen LogP contribution in [0.2, 0.25) is 0 Å². The van der Waals surface area contributed by atoms with Gasteiger partial charge in [0.15, 0.2) is 0 Å². The fourth-order valence-corrected chi connectivity index (χ4v) is 1.97. The van der Waals surface area contributed by atoms with Crippen molar-refractivity contribution < 1.29 is 14.2 Å². The van der Waals surface area contributed by atoms with Crippen molar-refractivity contribution in [2.75, 3.05) is 13.2 Å². The van der Waals surface area contributed by atoms with E-state index in [-0.39, 0.29) is 6.29 Å². The summed E-state index contributed by atoms with van der Waals surface area (Å²) in [5.74, 6) is 0.710. The lowest BCUT2D eigenvalue weighted by Crippen LogP contribution is -2.23. The van der Waals surface area contributed by atoms with Crippen molar-refractivity contribution in [2.45, 2.75) is 44.5 Å². The van der Waals surface area contributed by atoms with Gasteiger partial charge in [-0.25, -0.2) is 0 Å². The second-order valence-corrected chi connectivity index (χ2v) is 3.99. The molecule has 1 saturated carbocycles. The van der Waals surface area contributed by atoms with Gasteiger partial charge in [-0.1, -0.05) is 25.8 Å². The highest BCUT2D eigenvalue weighted by molar-refractivity contribution is 4.86. The second kappa shape index (κ2) is 4.80. The molecule has 0 spiro atoms. The van der Waals surface area contributed by atoms with Gasteiger partial charge in [0.05, 0.1) is 6.10 Å². The molecule has 2 rings (SSSR count). The Morgan fingerprint density at radius 1 is 1.29 bits per heavy atom.